The second-order valence-electron chi connectivity index (χ2n) is 2.99. The average Bonchev–Trinajstić information content (AvgIpc) is 2.05. The van der Waals surface area contributed by atoms with Crippen LogP contribution >= 0.6 is 0 Å². The fourth-order valence-electron chi connectivity index (χ4n) is 1.17. The maximum absolute atomic E-state index is 10.3. The van der Waals surface area contributed by atoms with Crippen LogP contribution in [-0.2, 0) is 24.1 Å². The van der Waals surface area contributed by atoms with Crippen molar-refractivity contribution in [1.29, 1.82) is 0 Å². The van der Waals surface area contributed by atoms with Crippen LogP contribution in [0.5, 0.6) is 0 Å². The Hall–Kier alpha value is 0.260. The van der Waals surface area contributed by atoms with Crippen LogP contribution < -0.4 is 34.7 Å². The number of aliphatic carboxylic acids is 1. The molecule has 1 aliphatic heterocycles. The number of hydrogen-bond donors (Lipinski definition) is 1. The first-order valence-electron chi connectivity index (χ1n) is 3.94. The summed E-state index contributed by atoms with van der Waals surface area (Å²) >= 11 is 0. The average molecular weight is 263 g/mol. The van der Waals surface area contributed by atoms with Gasteiger partial charge in [0.15, 0.2) is 0 Å². The minimum Gasteiger partial charge on any atom is -0.726 e. The largest absolute Gasteiger partial charge is 1.00 e. The van der Waals surface area contributed by atoms with Crippen molar-refractivity contribution in [3.63, 3.8) is 0 Å². The van der Waals surface area contributed by atoms with E-state index >= 15 is 0 Å². The van der Waals surface area contributed by atoms with Gasteiger partial charge in [0.05, 0.1) is 24.8 Å². The van der Waals surface area contributed by atoms with Crippen LogP contribution in [0.1, 0.15) is 6.42 Å². The zero-order valence-corrected chi connectivity index (χ0v) is 11.2. The molecule has 0 aliphatic carbocycles. The maximum Gasteiger partial charge on any atom is 1.00 e. The summed E-state index contributed by atoms with van der Waals surface area (Å²) in [4.78, 5) is 10.3. The van der Waals surface area contributed by atoms with Crippen molar-refractivity contribution < 1.29 is 66.5 Å². The molecule has 1 heterocycles. The zero-order valence-electron chi connectivity index (χ0n) is 8.36. The molecule has 0 aromatic carbocycles. The topological polar surface area (TPSA) is 136 Å². The summed E-state index contributed by atoms with van der Waals surface area (Å²) in [6.07, 6.45) is -4.48. The first-order valence-corrected chi connectivity index (χ1v) is 5.27. The van der Waals surface area contributed by atoms with Crippen molar-refractivity contribution in [1.82, 2.24) is 0 Å². The number of ether oxygens (including phenoxy) is 1. The van der Waals surface area contributed by atoms with Gasteiger partial charge in [0.1, 0.15) is 6.10 Å². The van der Waals surface area contributed by atoms with Crippen molar-refractivity contribution in [3.05, 3.63) is 0 Å². The minimum atomic E-state index is -4.95. The fourth-order valence-corrected chi connectivity index (χ4v) is 1.66. The number of aliphatic hydroxyl groups is 1. The second kappa shape index (κ2) is 6.26. The van der Waals surface area contributed by atoms with Crippen LogP contribution in [0.15, 0.2) is 0 Å². The molecule has 1 N–H and O–H groups in total. The molecule has 8 nitrogen and oxygen atoms in total. The van der Waals surface area contributed by atoms with Crippen LogP contribution in [0.25, 0.3) is 0 Å². The maximum atomic E-state index is 10.3. The molecule has 0 spiro atoms. The Labute approximate surface area is 114 Å². The van der Waals surface area contributed by atoms with E-state index < -0.39 is 41.3 Å². The number of carboxylic acid groups (broad SMARTS) is 1. The van der Waals surface area contributed by atoms with Crippen molar-refractivity contribution in [2.24, 2.45) is 0 Å². The van der Waals surface area contributed by atoms with Gasteiger partial charge in [-0.2, -0.15) is 0 Å². The van der Waals surface area contributed by atoms with Crippen LogP contribution in [0.3, 0.4) is 0 Å². The third-order valence-electron chi connectivity index (χ3n) is 1.85. The van der Waals surface area contributed by atoms with Crippen LogP contribution in [-0.4, -0.2) is 49.0 Å². The Balaban J connectivity index is 0.00000225. The fraction of sp³-hybridized carbons (Fsp3) is 0.833. The first-order chi connectivity index (χ1) is 6.79. The number of rotatable bonds is 3. The number of aliphatic hydroxyl groups excluding tert-OH is 1. The third-order valence-corrected chi connectivity index (χ3v) is 2.33. The zero-order chi connectivity index (χ0) is 11.6. The molecule has 3 atom stereocenters. The summed E-state index contributed by atoms with van der Waals surface area (Å²) in [5.74, 6) is -1.52. The van der Waals surface area contributed by atoms with Gasteiger partial charge in [0, 0.05) is 6.42 Å². The number of carboxylic acids is 1. The van der Waals surface area contributed by atoms with Gasteiger partial charge in [-0.25, -0.2) is 8.42 Å². The van der Waals surface area contributed by atoms with E-state index in [1.807, 2.05) is 0 Å². The molecule has 88 valence electrons. The normalized spacial score (nSPS) is 30.5. The van der Waals surface area contributed by atoms with Crippen LogP contribution in [0.4, 0.5) is 0 Å². The predicted octanol–water partition coefficient (Wildman–Crippen LogP) is -6.26. The first kappa shape index (κ1) is 16.3. The Kier molecular flexibility index (Phi) is 6.36. The van der Waals surface area contributed by atoms with Crippen LogP contribution in [0.2, 0.25) is 0 Å². The molecule has 1 rings (SSSR count). The van der Waals surface area contributed by atoms with E-state index in [1.165, 1.54) is 0 Å². The summed E-state index contributed by atoms with van der Waals surface area (Å²) in [6.45, 7) is -0.499. The van der Waals surface area contributed by atoms with Crippen molar-refractivity contribution >= 4 is 16.4 Å². The van der Waals surface area contributed by atoms with Crippen LogP contribution in [0, 0.1) is 0 Å². The molecule has 0 bridgehead atoms. The molecular weight excluding hydrogens is 255 g/mol. The minimum absolute atomic E-state index is 0. The predicted molar refractivity (Wildman–Crippen MR) is 39.9 cm³/mol. The van der Waals surface area contributed by atoms with Crippen molar-refractivity contribution in [3.8, 4) is 0 Å². The van der Waals surface area contributed by atoms with Crippen molar-refractivity contribution in [2.45, 2.75) is 24.7 Å². The second-order valence-corrected chi connectivity index (χ2v) is 4.00. The van der Waals surface area contributed by atoms with E-state index in [-0.39, 0.29) is 36.0 Å². The van der Waals surface area contributed by atoms with E-state index in [9.17, 15) is 28.0 Å². The Bertz CT molecular complexity index is 340. The molecule has 0 radical (unpaired) electrons. The number of hydrogen-bond acceptors (Lipinski definition) is 8. The van der Waals surface area contributed by atoms with Gasteiger partial charge in [-0.1, -0.05) is 0 Å². The van der Waals surface area contributed by atoms with Gasteiger partial charge >= 0.3 is 29.6 Å². The molecule has 16 heavy (non-hydrogen) atoms. The van der Waals surface area contributed by atoms with Gasteiger partial charge in [-0.3, -0.25) is 4.18 Å². The third kappa shape index (κ3) is 5.06. The van der Waals surface area contributed by atoms with E-state index in [2.05, 4.69) is 8.92 Å². The number of carbonyl (C=O) groups is 1. The van der Waals surface area contributed by atoms with Gasteiger partial charge in [-0.15, -0.1) is 0 Å². The molecule has 0 aromatic heterocycles. The Morgan fingerprint density at radius 1 is 1.50 bits per heavy atom. The van der Waals surface area contributed by atoms with Gasteiger partial charge in [-0.05, 0) is 0 Å². The van der Waals surface area contributed by atoms with E-state index in [0.717, 1.165) is 0 Å². The Morgan fingerprint density at radius 2 is 2.06 bits per heavy atom. The van der Waals surface area contributed by atoms with Gasteiger partial charge in [0.2, 0.25) is 10.4 Å². The smallest absolute Gasteiger partial charge is 0.726 e. The number of carbonyl (C=O) groups excluding carboxylic acids is 1. The molecule has 0 aromatic rings. The summed E-state index contributed by atoms with van der Waals surface area (Å²) in [7, 11) is -4.95. The quantitative estimate of drug-likeness (QED) is 0.301. The van der Waals surface area contributed by atoms with Gasteiger partial charge in [0.25, 0.3) is 0 Å². The van der Waals surface area contributed by atoms with Gasteiger partial charge < -0.3 is 24.3 Å². The molecule has 1 fully saturated rings. The van der Waals surface area contributed by atoms with E-state index in [4.69, 9.17) is 0 Å². The molecule has 0 saturated carbocycles. The summed E-state index contributed by atoms with van der Waals surface area (Å²) in [5.41, 5.74) is 0. The molecule has 0 amide bonds. The molecule has 1 aliphatic rings. The molecular formula is C6H8NaO8S-. The monoisotopic (exact) mass is 263 g/mol. The molecule has 1 saturated heterocycles. The SMILES string of the molecule is O=C([O-])C1C[C@@H](O)C(OS(=O)(=O)[O-])CO1.[Na+]. The van der Waals surface area contributed by atoms with E-state index in [0.29, 0.717) is 0 Å². The van der Waals surface area contributed by atoms with E-state index in [1.54, 1.807) is 0 Å². The van der Waals surface area contributed by atoms with Crippen molar-refractivity contribution in [2.75, 3.05) is 6.61 Å². The summed E-state index contributed by atoms with van der Waals surface area (Å²) in [6, 6.07) is 0. The summed E-state index contributed by atoms with van der Waals surface area (Å²) < 4.78 is 39.1. The standard InChI is InChI=1S/C6H10O8S.Na/c7-3-1-4(6(8)9)13-2-5(3)14-15(10,11)12;/h3-5,7H,1-2H2,(H,8,9)(H,10,11,12);/q;+1/p-2/t3-,4?,5?;/m1./s1. The molecule has 10 heteroatoms. The summed E-state index contributed by atoms with van der Waals surface area (Å²) in [5, 5.41) is 19.6. The molecule has 2 unspecified atom stereocenters. The Morgan fingerprint density at radius 3 is 2.44 bits per heavy atom.